The molecule has 0 aromatic carbocycles. The van der Waals surface area contributed by atoms with E-state index in [4.69, 9.17) is 5.73 Å². The van der Waals surface area contributed by atoms with Gasteiger partial charge in [-0.25, -0.2) is 0 Å². The molecule has 1 unspecified atom stereocenters. The van der Waals surface area contributed by atoms with Crippen molar-refractivity contribution in [3.05, 3.63) is 12.2 Å². The van der Waals surface area contributed by atoms with Crippen LogP contribution in [0.2, 0.25) is 0 Å². The Hall–Kier alpha value is -1.65. The third-order valence-corrected chi connectivity index (χ3v) is 1.64. The molecule has 2 N–H and O–H groups in total. The van der Waals surface area contributed by atoms with E-state index < -0.39 is 23.8 Å². The topological polar surface area (TPSA) is 80.5 Å². The summed E-state index contributed by atoms with van der Waals surface area (Å²) in [5.41, 5.74) is 4.93. The van der Waals surface area contributed by atoms with Crippen molar-refractivity contribution in [2.75, 3.05) is 0 Å². The van der Waals surface area contributed by atoms with Gasteiger partial charge in [0, 0.05) is 12.2 Å². The Labute approximate surface area is 68.8 Å². The molecule has 0 radical (unpaired) electrons. The zero-order chi connectivity index (χ0) is 9.30. The number of primary amides is 1. The predicted octanol–water partition coefficient (Wildman–Crippen LogP) is -1.21. The quantitative estimate of drug-likeness (QED) is 0.525. The molecular formula is C7H8N2O3. The van der Waals surface area contributed by atoms with Crippen molar-refractivity contribution in [1.29, 1.82) is 0 Å². The van der Waals surface area contributed by atoms with E-state index in [1.807, 2.05) is 0 Å². The molecule has 5 nitrogen and oxygen atoms in total. The fourth-order valence-electron chi connectivity index (χ4n) is 0.921. The molecule has 12 heavy (non-hydrogen) atoms. The maximum atomic E-state index is 10.9. The minimum atomic E-state index is -0.875. The van der Waals surface area contributed by atoms with Gasteiger partial charge in [-0.05, 0) is 6.92 Å². The summed E-state index contributed by atoms with van der Waals surface area (Å²) in [4.78, 5) is 33.3. The van der Waals surface area contributed by atoms with Crippen LogP contribution < -0.4 is 5.73 Å². The van der Waals surface area contributed by atoms with Gasteiger partial charge >= 0.3 is 0 Å². The SMILES string of the molecule is CC(C(N)=O)N1C(=O)C=CC1=O. The molecule has 0 spiro atoms. The number of carbonyl (C=O) groups is 3. The summed E-state index contributed by atoms with van der Waals surface area (Å²) in [6.45, 7) is 1.41. The zero-order valence-electron chi connectivity index (χ0n) is 6.48. The second kappa shape index (κ2) is 2.77. The first-order valence-corrected chi connectivity index (χ1v) is 3.38. The van der Waals surface area contributed by atoms with Crippen LogP contribution in [0.25, 0.3) is 0 Å². The lowest BCUT2D eigenvalue weighted by atomic mass is 10.3. The van der Waals surface area contributed by atoms with E-state index in [1.54, 1.807) is 0 Å². The van der Waals surface area contributed by atoms with Crippen molar-refractivity contribution in [3.8, 4) is 0 Å². The third-order valence-electron chi connectivity index (χ3n) is 1.64. The highest BCUT2D eigenvalue weighted by atomic mass is 16.2. The average molecular weight is 168 g/mol. The summed E-state index contributed by atoms with van der Waals surface area (Å²) in [5.74, 6) is -1.68. The van der Waals surface area contributed by atoms with Crippen LogP contribution in [0.3, 0.4) is 0 Å². The number of nitrogens with two attached hydrogens (primary N) is 1. The third kappa shape index (κ3) is 1.20. The Morgan fingerprint density at radius 1 is 1.42 bits per heavy atom. The Bertz CT molecular complexity index is 264. The van der Waals surface area contributed by atoms with Gasteiger partial charge in [-0.15, -0.1) is 0 Å². The number of hydrogen-bond donors (Lipinski definition) is 1. The minimum Gasteiger partial charge on any atom is -0.368 e. The highest BCUT2D eigenvalue weighted by molar-refractivity contribution is 6.14. The molecule has 0 aromatic heterocycles. The maximum absolute atomic E-state index is 10.9. The lowest BCUT2D eigenvalue weighted by Crippen LogP contribution is -2.45. The summed E-state index contributed by atoms with van der Waals surface area (Å²) in [5, 5.41) is 0. The Morgan fingerprint density at radius 3 is 2.17 bits per heavy atom. The van der Waals surface area contributed by atoms with Crippen molar-refractivity contribution in [2.24, 2.45) is 5.73 Å². The molecule has 1 rings (SSSR count). The maximum Gasteiger partial charge on any atom is 0.254 e. The molecule has 1 heterocycles. The summed E-state index contributed by atoms with van der Waals surface area (Å²) in [6.07, 6.45) is 2.23. The average Bonchev–Trinajstić information content (AvgIpc) is 2.30. The minimum absolute atomic E-state index is 0.494. The molecule has 3 amide bonds. The second-order valence-electron chi connectivity index (χ2n) is 2.46. The molecule has 0 bridgehead atoms. The van der Waals surface area contributed by atoms with E-state index in [0.29, 0.717) is 0 Å². The highest BCUT2D eigenvalue weighted by Crippen LogP contribution is 2.07. The van der Waals surface area contributed by atoms with Crippen molar-refractivity contribution in [1.82, 2.24) is 4.90 Å². The molecule has 0 saturated carbocycles. The summed E-state index contributed by atoms with van der Waals surface area (Å²) < 4.78 is 0. The largest absolute Gasteiger partial charge is 0.368 e. The van der Waals surface area contributed by atoms with Crippen molar-refractivity contribution in [3.63, 3.8) is 0 Å². The first-order valence-electron chi connectivity index (χ1n) is 3.38. The van der Waals surface area contributed by atoms with Crippen molar-refractivity contribution in [2.45, 2.75) is 13.0 Å². The molecule has 0 aliphatic carbocycles. The van der Waals surface area contributed by atoms with Gasteiger partial charge in [0.05, 0.1) is 0 Å². The molecule has 0 aromatic rings. The lowest BCUT2D eigenvalue weighted by Gasteiger charge is -2.18. The summed E-state index contributed by atoms with van der Waals surface area (Å²) >= 11 is 0. The van der Waals surface area contributed by atoms with Crippen molar-refractivity contribution < 1.29 is 14.4 Å². The number of nitrogens with zero attached hydrogens (tertiary/aromatic N) is 1. The highest BCUT2D eigenvalue weighted by Gasteiger charge is 2.31. The first-order chi connectivity index (χ1) is 5.54. The number of amides is 3. The first kappa shape index (κ1) is 8.45. The standard InChI is InChI=1S/C7H8N2O3/c1-4(7(8)12)9-5(10)2-3-6(9)11/h2-4H,1H3,(H2,8,12). The van der Waals surface area contributed by atoms with Crippen LogP contribution in [0.15, 0.2) is 12.2 Å². The smallest absolute Gasteiger partial charge is 0.254 e. The van der Waals surface area contributed by atoms with E-state index in [0.717, 1.165) is 17.1 Å². The van der Waals surface area contributed by atoms with Crippen molar-refractivity contribution >= 4 is 17.7 Å². The fourth-order valence-corrected chi connectivity index (χ4v) is 0.921. The van der Waals surface area contributed by atoms with E-state index in [-0.39, 0.29) is 0 Å². The van der Waals surface area contributed by atoms with E-state index in [9.17, 15) is 14.4 Å². The van der Waals surface area contributed by atoms with Crippen LogP contribution >= 0.6 is 0 Å². The summed E-state index contributed by atoms with van der Waals surface area (Å²) in [7, 11) is 0. The number of imide groups is 1. The monoisotopic (exact) mass is 168 g/mol. The van der Waals surface area contributed by atoms with Crippen LogP contribution in [0.1, 0.15) is 6.92 Å². The van der Waals surface area contributed by atoms with Gasteiger partial charge in [0.25, 0.3) is 11.8 Å². The number of rotatable bonds is 2. The van der Waals surface area contributed by atoms with Crippen LogP contribution in [-0.4, -0.2) is 28.7 Å². The molecule has 5 heteroatoms. The van der Waals surface area contributed by atoms with Crippen LogP contribution in [0, 0.1) is 0 Å². The molecule has 0 saturated heterocycles. The van der Waals surface area contributed by atoms with Gasteiger partial charge in [-0.1, -0.05) is 0 Å². The van der Waals surface area contributed by atoms with Gasteiger partial charge in [-0.2, -0.15) is 0 Å². The predicted molar refractivity (Wildman–Crippen MR) is 39.6 cm³/mol. The summed E-state index contributed by atoms with van der Waals surface area (Å²) in [6, 6.07) is -0.875. The fraction of sp³-hybridized carbons (Fsp3) is 0.286. The van der Waals surface area contributed by atoms with Gasteiger partial charge in [0.1, 0.15) is 6.04 Å². The second-order valence-corrected chi connectivity index (χ2v) is 2.46. The molecule has 0 fully saturated rings. The molecule has 1 aliphatic rings. The number of hydrogen-bond acceptors (Lipinski definition) is 3. The normalized spacial score (nSPS) is 18.6. The van der Waals surface area contributed by atoms with Gasteiger partial charge < -0.3 is 5.73 Å². The van der Waals surface area contributed by atoms with E-state index >= 15 is 0 Å². The van der Waals surface area contributed by atoms with Crippen LogP contribution in [0.4, 0.5) is 0 Å². The molecule has 1 atom stereocenters. The van der Waals surface area contributed by atoms with Gasteiger partial charge in [-0.3, -0.25) is 19.3 Å². The molecule has 64 valence electrons. The Morgan fingerprint density at radius 2 is 1.83 bits per heavy atom. The number of carbonyl (C=O) groups excluding carboxylic acids is 3. The Balaban J connectivity index is 2.83. The van der Waals surface area contributed by atoms with E-state index in [2.05, 4.69) is 0 Å². The Kier molecular flexibility index (Phi) is 1.95. The van der Waals surface area contributed by atoms with E-state index in [1.165, 1.54) is 6.92 Å². The van der Waals surface area contributed by atoms with Crippen LogP contribution in [0.5, 0.6) is 0 Å². The molecule has 1 aliphatic heterocycles. The lowest BCUT2D eigenvalue weighted by molar-refractivity contribution is -0.143. The van der Waals surface area contributed by atoms with Crippen LogP contribution in [-0.2, 0) is 14.4 Å². The zero-order valence-corrected chi connectivity index (χ0v) is 6.48. The molecular weight excluding hydrogens is 160 g/mol. The van der Waals surface area contributed by atoms with Gasteiger partial charge in [0.15, 0.2) is 0 Å². The van der Waals surface area contributed by atoms with Gasteiger partial charge in [0.2, 0.25) is 5.91 Å².